The third-order valence-corrected chi connectivity index (χ3v) is 3.72. The van der Waals surface area contributed by atoms with E-state index in [1.54, 1.807) is 7.11 Å². The van der Waals surface area contributed by atoms with Gasteiger partial charge in [-0.3, -0.25) is 9.69 Å². The molecule has 0 bridgehead atoms. The van der Waals surface area contributed by atoms with Gasteiger partial charge >= 0.3 is 5.97 Å². The van der Waals surface area contributed by atoms with E-state index >= 15 is 0 Å². The van der Waals surface area contributed by atoms with Crippen LogP contribution in [0, 0.1) is 13.8 Å². The highest BCUT2D eigenvalue weighted by atomic mass is 16.5. The van der Waals surface area contributed by atoms with Gasteiger partial charge in [-0.2, -0.15) is 0 Å². The van der Waals surface area contributed by atoms with Gasteiger partial charge in [0, 0.05) is 12.1 Å². The van der Waals surface area contributed by atoms with Gasteiger partial charge in [-0.25, -0.2) is 0 Å². The summed E-state index contributed by atoms with van der Waals surface area (Å²) in [5.74, 6) is 0.155. The lowest BCUT2D eigenvalue weighted by Crippen LogP contribution is -2.35. The molecular formula is C15H21NO3. The lowest BCUT2D eigenvalue weighted by Gasteiger charge is -2.23. The Morgan fingerprint density at radius 2 is 2.21 bits per heavy atom. The van der Waals surface area contributed by atoms with Gasteiger partial charge in [-0.15, -0.1) is 0 Å². The molecule has 1 aliphatic rings. The van der Waals surface area contributed by atoms with Gasteiger partial charge in [-0.1, -0.05) is 17.7 Å². The van der Waals surface area contributed by atoms with Crippen LogP contribution in [-0.4, -0.2) is 35.7 Å². The second-order valence-corrected chi connectivity index (χ2v) is 5.24. The van der Waals surface area contributed by atoms with E-state index < -0.39 is 5.97 Å². The first-order chi connectivity index (χ1) is 9.02. The van der Waals surface area contributed by atoms with Crippen LogP contribution >= 0.6 is 0 Å². The van der Waals surface area contributed by atoms with Crippen molar-refractivity contribution in [2.75, 3.05) is 13.7 Å². The van der Waals surface area contributed by atoms with Crippen molar-refractivity contribution in [3.05, 3.63) is 28.8 Å². The normalized spacial score (nSPS) is 19.6. The molecule has 2 rings (SSSR count). The van der Waals surface area contributed by atoms with E-state index in [9.17, 15) is 9.90 Å². The second kappa shape index (κ2) is 5.61. The Bertz CT molecular complexity index is 485. The molecule has 1 fully saturated rings. The predicted molar refractivity (Wildman–Crippen MR) is 73.5 cm³/mol. The quantitative estimate of drug-likeness (QED) is 0.906. The van der Waals surface area contributed by atoms with Crippen LogP contribution in [0.3, 0.4) is 0 Å². The van der Waals surface area contributed by atoms with Crippen molar-refractivity contribution in [2.24, 2.45) is 0 Å². The molecule has 0 spiro atoms. The van der Waals surface area contributed by atoms with E-state index in [2.05, 4.69) is 19.1 Å². The summed E-state index contributed by atoms with van der Waals surface area (Å²) in [6.07, 6.45) is 1.69. The van der Waals surface area contributed by atoms with Crippen LogP contribution in [0.15, 0.2) is 12.1 Å². The number of aliphatic carboxylic acids is 1. The molecule has 19 heavy (non-hydrogen) atoms. The van der Waals surface area contributed by atoms with E-state index in [0.717, 1.165) is 36.3 Å². The van der Waals surface area contributed by atoms with Crippen LogP contribution in [0.2, 0.25) is 0 Å². The Hall–Kier alpha value is -1.55. The van der Waals surface area contributed by atoms with Gasteiger partial charge in [0.25, 0.3) is 0 Å². The Morgan fingerprint density at radius 1 is 1.47 bits per heavy atom. The van der Waals surface area contributed by atoms with Crippen LogP contribution in [-0.2, 0) is 11.3 Å². The SMILES string of the molecule is COc1c(C)cc(C)cc1CN1CCCC1C(=O)O. The van der Waals surface area contributed by atoms with Crippen molar-refractivity contribution in [1.29, 1.82) is 0 Å². The van der Waals surface area contributed by atoms with Crippen molar-refractivity contribution in [2.45, 2.75) is 39.3 Å². The number of methoxy groups -OCH3 is 1. The first kappa shape index (κ1) is 13.9. The largest absolute Gasteiger partial charge is 0.496 e. The molecule has 4 heteroatoms. The number of ether oxygens (including phenoxy) is 1. The van der Waals surface area contributed by atoms with E-state index in [4.69, 9.17) is 4.74 Å². The maximum Gasteiger partial charge on any atom is 0.320 e. The smallest absolute Gasteiger partial charge is 0.320 e. The number of likely N-dealkylation sites (tertiary alicyclic amines) is 1. The standard InChI is InChI=1S/C15H21NO3/c1-10-7-11(2)14(19-3)12(8-10)9-16-6-4-5-13(16)15(17)18/h7-8,13H,4-6,9H2,1-3H3,(H,17,18). The molecule has 1 aromatic carbocycles. The Balaban J connectivity index is 2.25. The number of carboxylic acids is 1. The summed E-state index contributed by atoms with van der Waals surface area (Å²) in [7, 11) is 1.67. The van der Waals surface area contributed by atoms with Crippen molar-refractivity contribution >= 4 is 5.97 Å². The number of nitrogens with zero attached hydrogens (tertiary/aromatic N) is 1. The van der Waals surface area contributed by atoms with Gasteiger partial charge in [0.05, 0.1) is 7.11 Å². The monoisotopic (exact) mass is 263 g/mol. The van der Waals surface area contributed by atoms with Crippen molar-refractivity contribution in [1.82, 2.24) is 4.90 Å². The Kier molecular flexibility index (Phi) is 4.10. The number of hydrogen-bond donors (Lipinski definition) is 1. The summed E-state index contributed by atoms with van der Waals surface area (Å²) >= 11 is 0. The molecule has 1 aromatic rings. The van der Waals surface area contributed by atoms with Gasteiger partial charge in [0.1, 0.15) is 11.8 Å². The molecule has 1 unspecified atom stereocenters. The Morgan fingerprint density at radius 3 is 2.84 bits per heavy atom. The number of benzene rings is 1. The van der Waals surface area contributed by atoms with Crippen molar-refractivity contribution < 1.29 is 14.6 Å². The summed E-state index contributed by atoms with van der Waals surface area (Å²) in [5.41, 5.74) is 3.36. The number of rotatable bonds is 4. The molecule has 104 valence electrons. The molecule has 1 heterocycles. The predicted octanol–water partition coefficient (Wildman–Crippen LogP) is 2.36. The fourth-order valence-corrected chi connectivity index (χ4v) is 2.97. The molecule has 0 aliphatic carbocycles. The number of carboxylic acid groups (broad SMARTS) is 1. The van der Waals surface area contributed by atoms with E-state index in [1.165, 1.54) is 5.56 Å². The minimum atomic E-state index is -0.721. The highest BCUT2D eigenvalue weighted by molar-refractivity contribution is 5.73. The third-order valence-electron chi connectivity index (χ3n) is 3.72. The maximum absolute atomic E-state index is 11.2. The van der Waals surface area contributed by atoms with E-state index in [0.29, 0.717) is 6.54 Å². The van der Waals surface area contributed by atoms with Gasteiger partial charge in [-0.05, 0) is 38.8 Å². The zero-order valence-electron chi connectivity index (χ0n) is 11.8. The van der Waals surface area contributed by atoms with Crippen LogP contribution in [0.1, 0.15) is 29.5 Å². The molecule has 1 saturated heterocycles. The average molecular weight is 263 g/mol. The first-order valence-corrected chi connectivity index (χ1v) is 6.64. The molecule has 0 aromatic heterocycles. The molecule has 4 nitrogen and oxygen atoms in total. The van der Waals surface area contributed by atoms with Crippen LogP contribution in [0.25, 0.3) is 0 Å². The Labute approximate surface area is 114 Å². The molecular weight excluding hydrogens is 242 g/mol. The van der Waals surface area contributed by atoms with Gasteiger partial charge in [0.2, 0.25) is 0 Å². The summed E-state index contributed by atoms with van der Waals surface area (Å²) < 4.78 is 5.46. The minimum Gasteiger partial charge on any atom is -0.496 e. The first-order valence-electron chi connectivity index (χ1n) is 6.64. The van der Waals surface area contributed by atoms with Gasteiger partial charge in [0.15, 0.2) is 0 Å². The number of carbonyl (C=O) groups is 1. The third kappa shape index (κ3) is 2.89. The topological polar surface area (TPSA) is 49.8 Å². The summed E-state index contributed by atoms with van der Waals surface area (Å²) in [4.78, 5) is 13.2. The fourth-order valence-electron chi connectivity index (χ4n) is 2.97. The molecule has 0 amide bonds. The average Bonchev–Trinajstić information content (AvgIpc) is 2.76. The van der Waals surface area contributed by atoms with Crippen LogP contribution in [0.4, 0.5) is 0 Å². The summed E-state index contributed by atoms with van der Waals surface area (Å²) in [5, 5.41) is 9.22. The summed E-state index contributed by atoms with van der Waals surface area (Å²) in [6, 6.07) is 3.81. The molecule has 1 atom stereocenters. The molecule has 0 radical (unpaired) electrons. The zero-order valence-corrected chi connectivity index (χ0v) is 11.8. The number of aryl methyl sites for hydroxylation is 2. The molecule has 1 N–H and O–H groups in total. The highest BCUT2D eigenvalue weighted by Crippen LogP contribution is 2.29. The molecule has 0 saturated carbocycles. The van der Waals surface area contributed by atoms with Crippen LogP contribution < -0.4 is 4.74 Å². The highest BCUT2D eigenvalue weighted by Gasteiger charge is 2.30. The zero-order chi connectivity index (χ0) is 14.0. The molecule has 1 aliphatic heterocycles. The lowest BCUT2D eigenvalue weighted by molar-refractivity contribution is -0.142. The second-order valence-electron chi connectivity index (χ2n) is 5.24. The van der Waals surface area contributed by atoms with Crippen molar-refractivity contribution in [3.8, 4) is 5.75 Å². The van der Waals surface area contributed by atoms with E-state index in [1.807, 2.05) is 11.8 Å². The minimum absolute atomic E-state index is 0.356. The summed E-state index contributed by atoms with van der Waals surface area (Å²) in [6.45, 7) is 5.55. The van der Waals surface area contributed by atoms with Crippen LogP contribution in [0.5, 0.6) is 5.75 Å². The van der Waals surface area contributed by atoms with Crippen molar-refractivity contribution in [3.63, 3.8) is 0 Å². The maximum atomic E-state index is 11.2. The lowest BCUT2D eigenvalue weighted by atomic mass is 10.0. The fraction of sp³-hybridized carbons (Fsp3) is 0.533. The van der Waals surface area contributed by atoms with E-state index in [-0.39, 0.29) is 6.04 Å². The van der Waals surface area contributed by atoms with Gasteiger partial charge < -0.3 is 9.84 Å². The number of hydrogen-bond acceptors (Lipinski definition) is 3.